The van der Waals surface area contributed by atoms with E-state index in [0.717, 1.165) is 30.0 Å². The zero-order chi connectivity index (χ0) is 13.0. The Balaban J connectivity index is 2.01. The van der Waals surface area contributed by atoms with E-state index in [-0.39, 0.29) is 0 Å². The molecular weight excluding hydrogens is 222 g/mol. The minimum absolute atomic E-state index is 0.447. The number of hydrogen-bond acceptors (Lipinski definition) is 3. The summed E-state index contributed by atoms with van der Waals surface area (Å²) in [6.07, 6.45) is 3.66. The van der Waals surface area contributed by atoms with Gasteiger partial charge in [0.2, 0.25) is 0 Å². The minimum atomic E-state index is 0.447. The highest BCUT2D eigenvalue weighted by Gasteiger charge is 2.03. The minimum Gasteiger partial charge on any atom is -0.399 e. The number of anilines is 1. The van der Waals surface area contributed by atoms with Gasteiger partial charge in [0.25, 0.3) is 0 Å². The van der Waals surface area contributed by atoms with Gasteiger partial charge in [0, 0.05) is 24.0 Å². The fourth-order valence-electron chi connectivity index (χ4n) is 1.80. The van der Waals surface area contributed by atoms with E-state index < -0.39 is 0 Å². The van der Waals surface area contributed by atoms with Crippen LogP contribution in [0.3, 0.4) is 0 Å². The number of benzene rings is 1. The predicted molar refractivity (Wildman–Crippen MR) is 74.4 cm³/mol. The molecule has 3 heteroatoms. The highest BCUT2D eigenvalue weighted by molar-refractivity contribution is 5.39. The van der Waals surface area contributed by atoms with Crippen LogP contribution in [0, 0.1) is 0 Å². The third-order valence-corrected chi connectivity index (χ3v) is 2.94. The third-order valence-electron chi connectivity index (χ3n) is 2.94. The van der Waals surface area contributed by atoms with E-state index >= 15 is 0 Å². The molecule has 18 heavy (non-hydrogen) atoms. The van der Waals surface area contributed by atoms with Gasteiger partial charge in [-0.1, -0.05) is 26.0 Å². The molecule has 0 amide bonds. The molecule has 1 aromatic carbocycles. The molecule has 0 spiro atoms. The number of rotatable bonds is 4. The number of nitrogens with zero attached hydrogens (tertiary/aromatic N) is 2. The largest absolute Gasteiger partial charge is 0.399 e. The van der Waals surface area contributed by atoms with Crippen LogP contribution in [0.1, 0.15) is 36.8 Å². The molecule has 0 bridgehead atoms. The van der Waals surface area contributed by atoms with E-state index in [9.17, 15) is 0 Å². The first-order valence-corrected chi connectivity index (χ1v) is 6.31. The van der Waals surface area contributed by atoms with Crippen molar-refractivity contribution in [1.82, 2.24) is 9.97 Å². The predicted octanol–water partition coefficient (Wildman–Crippen LogP) is 2.97. The summed E-state index contributed by atoms with van der Waals surface area (Å²) in [7, 11) is 0. The summed E-state index contributed by atoms with van der Waals surface area (Å²) in [4.78, 5) is 8.89. The topological polar surface area (TPSA) is 51.8 Å². The highest BCUT2D eigenvalue weighted by atomic mass is 14.9. The van der Waals surface area contributed by atoms with E-state index in [4.69, 9.17) is 5.73 Å². The first-order valence-electron chi connectivity index (χ1n) is 6.31. The molecule has 0 saturated heterocycles. The lowest BCUT2D eigenvalue weighted by Gasteiger charge is -2.06. The van der Waals surface area contributed by atoms with Crippen molar-refractivity contribution in [2.24, 2.45) is 0 Å². The van der Waals surface area contributed by atoms with Crippen molar-refractivity contribution in [2.75, 3.05) is 5.73 Å². The monoisotopic (exact) mass is 241 g/mol. The third kappa shape index (κ3) is 3.29. The molecule has 1 aromatic heterocycles. The number of nitrogen functional groups attached to an aromatic ring is 1. The van der Waals surface area contributed by atoms with Gasteiger partial charge in [-0.2, -0.15) is 0 Å². The van der Waals surface area contributed by atoms with Crippen molar-refractivity contribution in [2.45, 2.75) is 32.6 Å². The molecule has 0 atom stereocenters. The molecule has 0 radical (unpaired) electrons. The van der Waals surface area contributed by atoms with Gasteiger partial charge in [-0.3, -0.25) is 0 Å². The van der Waals surface area contributed by atoms with Crippen LogP contribution in [0.5, 0.6) is 0 Å². The summed E-state index contributed by atoms with van der Waals surface area (Å²) in [5.74, 6) is 1.36. The Morgan fingerprint density at radius 2 is 1.78 bits per heavy atom. The summed E-state index contributed by atoms with van der Waals surface area (Å²) >= 11 is 0. The molecule has 94 valence electrons. The fraction of sp³-hybridized carbons (Fsp3) is 0.333. The van der Waals surface area contributed by atoms with Gasteiger partial charge < -0.3 is 5.73 Å². The molecule has 0 aliphatic carbocycles. The molecular formula is C15H19N3. The van der Waals surface area contributed by atoms with Gasteiger partial charge in [0.1, 0.15) is 5.82 Å². The second-order valence-corrected chi connectivity index (χ2v) is 4.79. The maximum absolute atomic E-state index is 5.66. The van der Waals surface area contributed by atoms with Crippen LogP contribution >= 0.6 is 0 Å². The molecule has 0 fully saturated rings. The maximum atomic E-state index is 5.66. The number of nitrogens with two attached hydrogens (primary N) is 1. The number of aromatic nitrogens is 2. The van der Waals surface area contributed by atoms with Crippen LogP contribution in [0.2, 0.25) is 0 Å². The standard InChI is InChI=1S/C15H19N3/c1-11(2)14-9-10-17-15(18-14)8-5-12-3-6-13(16)7-4-12/h3-4,6-7,9-11H,5,8,16H2,1-2H3. The molecule has 2 rings (SSSR count). The van der Waals surface area contributed by atoms with Gasteiger partial charge in [0.15, 0.2) is 0 Å². The second-order valence-electron chi connectivity index (χ2n) is 4.79. The lowest BCUT2D eigenvalue weighted by atomic mass is 10.1. The zero-order valence-electron chi connectivity index (χ0n) is 10.9. The van der Waals surface area contributed by atoms with E-state index in [1.54, 1.807) is 0 Å². The van der Waals surface area contributed by atoms with E-state index in [1.807, 2.05) is 24.4 Å². The summed E-state index contributed by atoms with van der Waals surface area (Å²) < 4.78 is 0. The maximum Gasteiger partial charge on any atom is 0.128 e. The number of hydrogen-bond donors (Lipinski definition) is 1. The van der Waals surface area contributed by atoms with Gasteiger partial charge in [-0.15, -0.1) is 0 Å². The van der Waals surface area contributed by atoms with Gasteiger partial charge in [-0.25, -0.2) is 9.97 Å². The van der Waals surface area contributed by atoms with E-state index in [1.165, 1.54) is 5.56 Å². The smallest absolute Gasteiger partial charge is 0.128 e. The van der Waals surface area contributed by atoms with Gasteiger partial charge in [-0.05, 0) is 36.1 Å². The van der Waals surface area contributed by atoms with Crippen LogP contribution in [0.4, 0.5) is 5.69 Å². The molecule has 0 aliphatic heterocycles. The van der Waals surface area contributed by atoms with Crippen LogP contribution in [0.15, 0.2) is 36.5 Å². The van der Waals surface area contributed by atoms with Crippen LogP contribution in [-0.2, 0) is 12.8 Å². The molecule has 0 unspecified atom stereocenters. The Morgan fingerprint density at radius 1 is 1.06 bits per heavy atom. The Bertz CT molecular complexity index is 503. The normalized spacial score (nSPS) is 10.8. The summed E-state index contributed by atoms with van der Waals surface area (Å²) in [6.45, 7) is 4.29. The molecule has 3 nitrogen and oxygen atoms in total. The Labute approximate surface area is 108 Å². The quantitative estimate of drug-likeness (QED) is 0.837. The summed E-state index contributed by atoms with van der Waals surface area (Å²) in [5, 5.41) is 0. The van der Waals surface area contributed by atoms with E-state index in [2.05, 4.69) is 35.9 Å². The van der Waals surface area contributed by atoms with Gasteiger partial charge in [0.05, 0.1) is 0 Å². The lowest BCUT2D eigenvalue weighted by molar-refractivity contribution is 0.770. The average Bonchev–Trinajstić information content (AvgIpc) is 2.38. The molecule has 1 heterocycles. The molecule has 2 aromatic rings. The van der Waals surface area contributed by atoms with Crippen LogP contribution in [0.25, 0.3) is 0 Å². The zero-order valence-corrected chi connectivity index (χ0v) is 10.9. The SMILES string of the molecule is CC(C)c1ccnc(CCc2ccc(N)cc2)n1. The second kappa shape index (κ2) is 5.63. The first kappa shape index (κ1) is 12.6. The number of aryl methyl sites for hydroxylation is 2. The van der Waals surface area contributed by atoms with Crippen molar-refractivity contribution in [3.8, 4) is 0 Å². The molecule has 0 saturated carbocycles. The Morgan fingerprint density at radius 3 is 2.44 bits per heavy atom. The highest BCUT2D eigenvalue weighted by Crippen LogP contribution is 2.12. The van der Waals surface area contributed by atoms with Crippen LogP contribution < -0.4 is 5.73 Å². The van der Waals surface area contributed by atoms with Crippen molar-refractivity contribution in [1.29, 1.82) is 0 Å². The van der Waals surface area contributed by atoms with Crippen molar-refractivity contribution in [3.63, 3.8) is 0 Å². The summed E-state index contributed by atoms with van der Waals surface area (Å²) in [6, 6.07) is 9.96. The Hall–Kier alpha value is -1.90. The molecule has 2 N–H and O–H groups in total. The molecule has 0 aliphatic rings. The van der Waals surface area contributed by atoms with Crippen LogP contribution in [-0.4, -0.2) is 9.97 Å². The van der Waals surface area contributed by atoms with Gasteiger partial charge >= 0.3 is 0 Å². The fourth-order valence-corrected chi connectivity index (χ4v) is 1.80. The van der Waals surface area contributed by atoms with Crippen molar-refractivity contribution < 1.29 is 0 Å². The lowest BCUT2D eigenvalue weighted by Crippen LogP contribution is -2.02. The Kier molecular flexibility index (Phi) is 3.92. The van der Waals surface area contributed by atoms with Crippen molar-refractivity contribution in [3.05, 3.63) is 53.6 Å². The van der Waals surface area contributed by atoms with Crippen molar-refractivity contribution >= 4 is 5.69 Å². The average molecular weight is 241 g/mol. The summed E-state index contributed by atoms with van der Waals surface area (Å²) in [5.41, 5.74) is 8.84. The first-order chi connectivity index (χ1) is 8.65. The van der Waals surface area contributed by atoms with E-state index in [0.29, 0.717) is 5.92 Å².